The highest BCUT2D eigenvalue weighted by Gasteiger charge is 2.42. The molecule has 138 valence electrons. The van der Waals surface area contributed by atoms with Gasteiger partial charge in [0.05, 0.1) is 24.6 Å². The van der Waals surface area contributed by atoms with Gasteiger partial charge in [-0.25, -0.2) is 4.79 Å². The van der Waals surface area contributed by atoms with Crippen molar-refractivity contribution in [3.05, 3.63) is 50.0 Å². The average Bonchev–Trinajstić information content (AvgIpc) is 2.59. The molecule has 1 aliphatic heterocycles. The maximum absolute atomic E-state index is 12.7. The van der Waals surface area contributed by atoms with Gasteiger partial charge >= 0.3 is 5.97 Å². The lowest BCUT2D eigenvalue weighted by atomic mass is 9.77. The number of hydrogen-bond acceptors (Lipinski definition) is 6. The molecule has 2 aliphatic rings. The van der Waals surface area contributed by atoms with Crippen molar-refractivity contribution < 1.29 is 23.8 Å². The van der Waals surface area contributed by atoms with Gasteiger partial charge in [-0.05, 0) is 34.5 Å². The van der Waals surface area contributed by atoms with Gasteiger partial charge in [0, 0.05) is 29.0 Å². The van der Waals surface area contributed by atoms with Crippen LogP contribution in [0.15, 0.2) is 39.4 Å². The van der Waals surface area contributed by atoms with E-state index in [1.807, 2.05) is 0 Å². The largest absolute Gasteiger partial charge is 0.495 e. The lowest BCUT2D eigenvalue weighted by Gasteiger charge is -2.33. The monoisotopic (exact) mass is 441 g/mol. The van der Waals surface area contributed by atoms with Crippen molar-refractivity contribution in [2.24, 2.45) is 5.73 Å². The summed E-state index contributed by atoms with van der Waals surface area (Å²) in [5.41, 5.74) is 7.04. The summed E-state index contributed by atoms with van der Waals surface area (Å²) in [5.74, 6) is -0.674. The van der Waals surface area contributed by atoms with Gasteiger partial charge in [-0.15, -0.1) is 0 Å². The number of carbonyl (C=O) groups is 2. The Morgan fingerprint density at radius 3 is 2.73 bits per heavy atom. The number of methoxy groups -OCH3 is 2. The lowest BCUT2D eigenvalue weighted by Crippen LogP contribution is -2.31. The molecule has 0 radical (unpaired) electrons. The van der Waals surface area contributed by atoms with E-state index in [0.717, 1.165) is 0 Å². The Hall–Kier alpha value is -1.99. The van der Waals surface area contributed by atoms with E-state index in [0.29, 0.717) is 51.4 Å². The quantitative estimate of drug-likeness (QED) is 0.720. The summed E-state index contributed by atoms with van der Waals surface area (Å²) in [5, 5.41) is 0.423. The minimum Gasteiger partial charge on any atom is -0.495 e. The second-order valence-electron chi connectivity index (χ2n) is 5.93. The molecule has 2 N–H and O–H groups in total. The summed E-state index contributed by atoms with van der Waals surface area (Å²) in [6.07, 6.45) is 1.61. The number of hydrogen-bond donors (Lipinski definition) is 1. The first-order valence-electron chi connectivity index (χ1n) is 7.94. The number of rotatable bonds is 3. The van der Waals surface area contributed by atoms with Gasteiger partial charge in [0.1, 0.15) is 17.1 Å². The third-order valence-corrected chi connectivity index (χ3v) is 5.25. The van der Waals surface area contributed by atoms with Crippen LogP contribution in [0, 0.1) is 0 Å². The molecule has 0 fully saturated rings. The zero-order chi connectivity index (χ0) is 19.0. The van der Waals surface area contributed by atoms with E-state index in [2.05, 4.69) is 15.9 Å². The number of allylic oxidation sites excluding steroid dienone is 2. The number of nitrogens with two attached hydrogens (primary N) is 1. The van der Waals surface area contributed by atoms with Gasteiger partial charge in [-0.3, -0.25) is 4.79 Å². The zero-order valence-corrected chi connectivity index (χ0v) is 16.6. The van der Waals surface area contributed by atoms with Crippen LogP contribution in [-0.4, -0.2) is 26.0 Å². The molecular weight excluding hydrogens is 426 g/mol. The Labute approximate surface area is 164 Å². The van der Waals surface area contributed by atoms with Crippen LogP contribution in [0.5, 0.6) is 5.75 Å². The van der Waals surface area contributed by atoms with E-state index in [9.17, 15) is 9.59 Å². The topological polar surface area (TPSA) is 87.9 Å². The van der Waals surface area contributed by atoms with E-state index in [1.54, 1.807) is 12.1 Å². The highest BCUT2D eigenvalue weighted by molar-refractivity contribution is 9.10. The zero-order valence-electron chi connectivity index (χ0n) is 14.2. The number of Topliss-reactive ketones (excluding diaryl/α,β-unsaturated/α-hetero) is 1. The van der Waals surface area contributed by atoms with Crippen LogP contribution in [0.25, 0.3) is 0 Å². The van der Waals surface area contributed by atoms with E-state index < -0.39 is 11.9 Å². The number of benzene rings is 1. The molecule has 3 rings (SSSR count). The molecule has 0 spiro atoms. The molecule has 0 aromatic heterocycles. The summed E-state index contributed by atoms with van der Waals surface area (Å²) in [6, 6.07) is 3.33. The SMILES string of the molecule is COC(=O)C1=C(N)OC2=C(C(=O)CCC2)[C@@H]1c1cc(Cl)cc(Br)c1OC. The predicted octanol–water partition coefficient (Wildman–Crippen LogP) is 3.58. The molecule has 0 amide bonds. The molecule has 6 nitrogen and oxygen atoms in total. The Morgan fingerprint density at radius 2 is 2.08 bits per heavy atom. The van der Waals surface area contributed by atoms with E-state index >= 15 is 0 Å². The number of halogens is 2. The maximum Gasteiger partial charge on any atom is 0.340 e. The Bertz CT molecular complexity index is 861. The Kier molecular flexibility index (Phi) is 5.29. The number of carbonyl (C=O) groups excluding carboxylic acids is 2. The standard InChI is InChI=1S/C18H17BrClNO5/c1-24-16-9(6-8(20)7-10(16)19)13-14-11(22)4-3-5-12(14)26-17(21)15(13)18(23)25-2/h6-7,13H,3-5,21H2,1-2H3/t13-/m0/s1. The minimum atomic E-state index is -0.774. The smallest absolute Gasteiger partial charge is 0.340 e. The van der Waals surface area contributed by atoms with Crippen molar-refractivity contribution in [3.8, 4) is 5.75 Å². The summed E-state index contributed by atoms with van der Waals surface area (Å²) in [6.45, 7) is 0. The summed E-state index contributed by atoms with van der Waals surface area (Å²) >= 11 is 9.64. The molecule has 0 bridgehead atoms. The van der Waals surface area contributed by atoms with Crippen molar-refractivity contribution in [1.82, 2.24) is 0 Å². The van der Waals surface area contributed by atoms with Crippen molar-refractivity contribution in [2.45, 2.75) is 25.2 Å². The van der Waals surface area contributed by atoms with Gasteiger partial charge in [0.2, 0.25) is 5.88 Å². The molecule has 0 saturated carbocycles. The third kappa shape index (κ3) is 3.10. The normalized spacial score (nSPS) is 19.8. The molecule has 1 atom stereocenters. The first kappa shape index (κ1) is 18.8. The molecular formula is C18H17BrClNO5. The fourth-order valence-corrected chi connectivity index (χ4v) is 4.38. The van der Waals surface area contributed by atoms with Crippen LogP contribution >= 0.6 is 27.5 Å². The van der Waals surface area contributed by atoms with Crippen molar-refractivity contribution in [1.29, 1.82) is 0 Å². The van der Waals surface area contributed by atoms with Crippen LogP contribution in [0.2, 0.25) is 5.02 Å². The molecule has 1 aromatic carbocycles. The molecule has 1 aliphatic carbocycles. The maximum atomic E-state index is 12.7. The number of ketones is 1. The fraction of sp³-hybridized carbons (Fsp3) is 0.333. The Balaban J connectivity index is 2.31. The van der Waals surface area contributed by atoms with Gasteiger partial charge in [0.15, 0.2) is 5.78 Å². The van der Waals surface area contributed by atoms with E-state index in [-0.39, 0.29) is 17.2 Å². The van der Waals surface area contributed by atoms with Crippen LogP contribution in [0.3, 0.4) is 0 Å². The molecule has 0 unspecified atom stereocenters. The van der Waals surface area contributed by atoms with Crippen LogP contribution < -0.4 is 10.5 Å². The Morgan fingerprint density at radius 1 is 1.35 bits per heavy atom. The van der Waals surface area contributed by atoms with Gasteiger partial charge in [-0.1, -0.05) is 11.6 Å². The molecule has 1 aromatic rings. The number of esters is 1. The van der Waals surface area contributed by atoms with Crippen LogP contribution in [0.4, 0.5) is 0 Å². The average molecular weight is 443 g/mol. The predicted molar refractivity (Wildman–Crippen MR) is 98.6 cm³/mol. The third-order valence-electron chi connectivity index (χ3n) is 4.44. The van der Waals surface area contributed by atoms with Gasteiger partial charge < -0.3 is 19.9 Å². The van der Waals surface area contributed by atoms with E-state index in [1.165, 1.54) is 14.2 Å². The van der Waals surface area contributed by atoms with E-state index in [4.69, 9.17) is 31.5 Å². The molecule has 26 heavy (non-hydrogen) atoms. The first-order valence-corrected chi connectivity index (χ1v) is 9.11. The van der Waals surface area contributed by atoms with Crippen LogP contribution in [0.1, 0.15) is 30.7 Å². The fourth-order valence-electron chi connectivity index (χ4n) is 3.39. The van der Waals surface area contributed by atoms with Crippen molar-refractivity contribution >= 4 is 39.3 Å². The number of ether oxygens (including phenoxy) is 3. The van der Waals surface area contributed by atoms with Crippen LogP contribution in [-0.2, 0) is 19.1 Å². The van der Waals surface area contributed by atoms with Crippen molar-refractivity contribution in [3.63, 3.8) is 0 Å². The highest BCUT2D eigenvalue weighted by Crippen LogP contribution is 2.48. The second kappa shape index (κ2) is 7.32. The van der Waals surface area contributed by atoms with Crippen molar-refractivity contribution in [2.75, 3.05) is 14.2 Å². The van der Waals surface area contributed by atoms with Gasteiger partial charge in [0.25, 0.3) is 0 Å². The molecule has 8 heteroatoms. The molecule has 1 heterocycles. The van der Waals surface area contributed by atoms with Gasteiger partial charge in [-0.2, -0.15) is 0 Å². The summed E-state index contributed by atoms with van der Waals surface area (Å²) < 4.78 is 16.6. The molecule has 0 saturated heterocycles. The lowest BCUT2D eigenvalue weighted by molar-refractivity contribution is -0.136. The second-order valence-corrected chi connectivity index (χ2v) is 7.22. The minimum absolute atomic E-state index is 0.0639. The first-order chi connectivity index (χ1) is 12.4. The summed E-state index contributed by atoms with van der Waals surface area (Å²) in [4.78, 5) is 25.2. The summed E-state index contributed by atoms with van der Waals surface area (Å²) in [7, 11) is 2.75. The highest BCUT2D eigenvalue weighted by atomic mass is 79.9.